The van der Waals surface area contributed by atoms with Gasteiger partial charge in [0.05, 0.1) is 11.4 Å². The molecule has 1 atom stereocenters. The van der Waals surface area contributed by atoms with E-state index in [0.29, 0.717) is 11.5 Å². The number of carbonyl (C=O) groups excluding carboxylic acids is 1. The minimum atomic E-state index is -0.399. The zero-order chi connectivity index (χ0) is 17.2. The number of hydrogen-bond donors (Lipinski definition) is 1. The first-order chi connectivity index (χ1) is 12.2. The minimum absolute atomic E-state index is 0.144. The SMILES string of the molecule is C[C@@H](C(=O)NCc1nnc2ccc(-c3cccs3)nn12)n1cccn1. The molecule has 25 heavy (non-hydrogen) atoms. The largest absolute Gasteiger partial charge is 0.347 e. The Morgan fingerprint density at radius 2 is 2.20 bits per heavy atom. The Morgan fingerprint density at radius 1 is 1.28 bits per heavy atom. The van der Waals surface area contributed by atoms with Crippen LogP contribution in [-0.4, -0.2) is 35.5 Å². The van der Waals surface area contributed by atoms with Gasteiger partial charge < -0.3 is 5.32 Å². The Morgan fingerprint density at radius 3 is 2.96 bits per heavy atom. The van der Waals surface area contributed by atoms with Gasteiger partial charge in [-0.15, -0.1) is 21.5 Å². The molecular weight excluding hydrogens is 338 g/mol. The molecule has 0 aliphatic heterocycles. The zero-order valence-corrected chi connectivity index (χ0v) is 14.2. The fourth-order valence-corrected chi connectivity index (χ4v) is 3.13. The summed E-state index contributed by atoms with van der Waals surface area (Å²) in [4.78, 5) is 13.3. The van der Waals surface area contributed by atoms with Crippen molar-refractivity contribution in [3.05, 3.63) is 53.9 Å². The van der Waals surface area contributed by atoms with E-state index >= 15 is 0 Å². The van der Waals surface area contributed by atoms with Crippen LogP contribution in [-0.2, 0) is 11.3 Å². The zero-order valence-electron chi connectivity index (χ0n) is 13.4. The van der Waals surface area contributed by atoms with Crippen LogP contribution >= 0.6 is 11.3 Å². The maximum atomic E-state index is 12.3. The smallest absolute Gasteiger partial charge is 0.244 e. The van der Waals surface area contributed by atoms with Crippen molar-refractivity contribution in [3.8, 4) is 10.6 Å². The van der Waals surface area contributed by atoms with Gasteiger partial charge in [-0.05, 0) is 36.6 Å². The van der Waals surface area contributed by atoms with Crippen molar-refractivity contribution in [3.63, 3.8) is 0 Å². The van der Waals surface area contributed by atoms with Crippen LogP contribution in [0.15, 0.2) is 48.1 Å². The molecule has 0 unspecified atom stereocenters. The molecule has 0 saturated heterocycles. The Hall–Kier alpha value is -3.07. The third-order valence-electron chi connectivity index (χ3n) is 3.82. The molecule has 1 N–H and O–H groups in total. The summed E-state index contributed by atoms with van der Waals surface area (Å²) in [5, 5.41) is 21.8. The van der Waals surface area contributed by atoms with E-state index in [1.807, 2.05) is 29.6 Å². The van der Waals surface area contributed by atoms with Gasteiger partial charge in [-0.2, -0.15) is 14.7 Å². The van der Waals surface area contributed by atoms with Gasteiger partial charge in [-0.3, -0.25) is 9.48 Å². The summed E-state index contributed by atoms with van der Waals surface area (Å²) in [5.41, 5.74) is 1.49. The maximum Gasteiger partial charge on any atom is 0.244 e. The first-order valence-electron chi connectivity index (χ1n) is 7.74. The van der Waals surface area contributed by atoms with Crippen LogP contribution in [0.25, 0.3) is 16.2 Å². The summed E-state index contributed by atoms with van der Waals surface area (Å²) in [6.45, 7) is 2.03. The standard InChI is InChI=1S/C16H15N7OS/c1-11(22-8-3-7-18-22)16(24)17-10-15-20-19-14-6-5-12(21-23(14)15)13-4-2-9-25-13/h2-9,11H,10H2,1H3,(H,17,24)/t11-/m0/s1. The van der Waals surface area contributed by atoms with Crippen molar-refractivity contribution in [1.82, 2.24) is 34.9 Å². The van der Waals surface area contributed by atoms with E-state index in [0.717, 1.165) is 10.6 Å². The molecule has 126 valence electrons. The number of thiophene rings is 1. The highest BCUT2D eigenvalue weighted by Crippen LogP contribution is 2.22. The lowest BCUT2D eigenvalue weighted by Gasteiger charge is -2.11. The third kappa shape index (κ3) is 3.01. The molecule has 4 heterocycles. The average molecular weight is 353 g/mol. The van der Waals surface area contributed by atoms with Crippen LogP contribution in [0.3, 0.4) is 0 Å². The number of carbonyl (C=O) groups is 1. The molecule has 0 aromatic carbocycles. The fourth-order valence-electron chi connectivity index (χ4n) is 2.44. The topological polar surface area (TPSA) is 90.0 Å². The van der Waals surface area contributed by atoms with Gasteiger partial charge in [0.25, 0.3) is 0 Å². The van der Waals surface area contributed by atoms with Gasteiger partial charge in [0, 0.05) is 12.4 Å². The Bertz CT molecular complexity index is 991. The van der Waals surface area contributed by atoms with Crippen molar-refractivity contribution >= 4 is 22.9 Å². The molecule has 0 aliphatic carbocycles. The van der Waals surface area contributed by atoms with Gasteiger partial charge >= 0.3 is 0 Å². The minimum Gasteiger partial charge on any atom is -0.347 e. The fraction of sp³-hybridized carbons (Fsp3) is 0.188. The van der Waals surface area contributed by atoms with E-state index < -0.39 is 6.04 Å². The third-order valence-corrected chi connectivity index (χ3v) is 4.72. The highest BCUT2D eigenvalue weighted by molar-refractivity contribution is 7.13. The van der Waals surface area contributed by atoms with Crippen molar-refractivity contribution in [2.75, 3.05) is 0 Å². The Labute approximate surface area is 147 Å². The van der Waals surface area contributed by atoms with Crippen LogP contribution in [0.4, 0.5) is 0 Å². The quantitative estimate of drug-likeness (QED) is 0.592. The van der Waals surface area contributed by atoms with Crippen LogP contribution in [0.2, 0.25) is 0 Å². The average Bonchev–Trinajstić information content (AvgIpc) is 3.40. The molecule has 9 heteroatoms. The van der Waals surface area contributed by atoms with Crippen LogP contribution in [0.5, 0.6) is 0 Å². The summed E-state index contributed by atoms with van der Waals surface area (Å²) in [5.74, 6) is 0.435. The molecule has 8 nitrogen and oxygen atoms in total. The lowest BCUT2D eigenvalue weighted by molar-refractivity contribution is -0.124. The van der Waals surface area contributed by atoms with Gasteiger partial charge in [0.15, 0.2) is 11.5 Å². The van der Waals surface area contributed by atoms with Crippen molar-refractivity contribution in [2.24, 2.45) is 0 Å². The predicted molar refractivity (Wildman–Crippen MR) is 92.9 cm³/mol. The first kappa shape index (κ1) is 15.5. The number of nitrogens with one attached hydrogen (secondary N) is 1. The summed E-state index contributed by atoms with van der Waals surface area (Å²) < 4.78 is 3.26. The second-order valence-electron chi connectivity index (χ2n) is 5.46. The number of nitrogens with zero attached hydrogens (tertiary/aromatic N) is 6. The normalized spacial score (nSPS) is 12.4. The molecule has 0 fully saturated rings. The van der Waals surface area contributed by atoms with E-state index in [1.54, 1.807) is 45.9 Å². The van der Waals surface area contributed by atoms with Gasteiger partial charge in [-0.25, -0.2) is 0 Å². The summed E-state index contributed by atoms with van der Waals surface area (Å²) in [6, 6.07) is 9.16. The van der Waals surface area contributed by atoms with Crippen molar-refractivity contribution in [1.29, 1.82) is 0 Å². The molecule has 1 amide bonds. The van der Waals surface area contributed by atoms with E-state index in [2.05, 4.69) is 25.7 Å². The Kier molecular flexibility index (Phi) is 3.98. The van der Waals surface area contributed by atoms with Crippen molar-refractivity contribution in [2.45, 2.75) is 19.5 Å². The van der Waals surface area contributed by atoms with E-state index in [9.17, 15) is 4.79 Å². The second kappa shape index (κ2) is 6.44. The second-order valence-corrected chi connectivity index (χ2v) is 6.41. The predicted octanol–water partition coefficient (Wildman–Crippen LogP) is 1.93. The van der Waals surface area contributed by atoms with E-state index in [-0.39, 0.29) is 12.5 Å². The molecule has 0 radical (unpaired) electrons. The lowest BCUT2D eigenvalue weighted by atomic mass is 10.3. The highest BCUT2D eigenvalue weighted by atomic mass is 32.1. The number of amides is 1. The van der Waals surface area contributed by atoms with Gasteiger partial charge in [0.2, 0.25) is 5.91 Å². The van der Waals surface area contributed by atoms with Crippen LogP contribution in [0, 0.1) is 0 Å². The number of rotatable bonds is 5. The van der Waals surface area contributed by atoms with Crippen LogP contribution in [0.1, 0.15) is 18.8 Å². The molecular formula is C16H15N7OS. The van der Waals surface area contributed by atoms with Gasteiger partial charge in [-0.1, -0.05) is 6.07 Å². The molecule has 4 rings (SSSR count). The van der Waals surface area contributed by atoms with Crippen LogP contribution < -0.4 is 5.32 Å². The Balaban J connectivity index is 1.53. The summed E-state index contributed by atoms with van der Waals surface area (Å²) in [6.07, 6.45) is 3.40. The number of fused-ring (bicyclic) bond motifs is 1. The van der Waals surface area contributed by atoms with E-state index in [1.165, 1.54) is 0 Å². The number of aromatic nitrogens is 6. The molecule has 4 aromatic rings. The summed E-state index contributed by atoms with van der Waals surface area (Å²) >= 11 is 1.62. The van der Waals surface area contributed by atoms with Crippen molar-refractivity contribution < 1.29 is 4.79 Å². The lowest BCUT2D eigenvalue weighted by Crippen LogP contribution is -2.31. The first-order valence-corrected chi connectivity index (χ1v) is 8.62. The molecule has 4 aromatic heterocycles. The molecule has 0 saturated carbocycles. The monoisotopic (exact) mass is 353 g/mol. The molecule has 0 aliphatic rings. The summed E-state index contributed by atoms with van der Waals surface area (Å²) in [7, 11) is 0. The number of hydrogen-bond acceptors (Lipinski definition) is 6. The highest BCUT2D eigenvalue weighted by Gasteiger charge is 2.16. The maximum absolute atomic E-state index is 12.3. The molecule has 0 spiro atoms. The van der Waals surface area contributed by atoms with Gasteiger partial charge in [0.1, 0.15) is 11.7 Å². The molecule has 0 bridgehead atoms. The van der Waals surface area contributed by atoms with E-state index in [4.69, 9.17) is 0 Å².